The maximum atomic E-state index is 13.7. The lowest BCUT2D eigenvalue weighted by molar-refractivity contribution is 0.380. The number of para-hydroxylation sites is 1. The molecule has 7 rings (SSSR count). The lowest BCUT2D eigenvalue weighted by Crippen LogP contribution is -2.45. The van der Waals surface area contributed by atoms with Gasteiger partial charge in [-0.05, 0) is 24.6 Å². The quantitative estimate of drug-likeness (QED) is 0.361. The third kappa shape index (κ3) is 3.36. The van der Waals surface area contributed by atoms with E-state index in [1.165, 1.54) is 13.4 Å². The maximum Gasteiger partial charge on any atom is 0.316 e. The minimum absolute atomic E-state index is 0.207. The van der Waals surface area contributed by atoms with Crippen molar-refractivity contribution in [2.24, 2.45) is 0 Å². The number of halogens is 1. The van der Waals surface area contributed by atoms with Crippen molar-refractivity contribution in [1.29, 1.82) is 0 Å². The van der Waals surface area contributed by atoms with Crippen LogP contribution in [0.1, 0.15) is 18.3 Å². The lowest BCUT2D eigenvalue weighted by Gasteiger charge is -2.42. The highest BCUT2D eigenvalue weighted by molar-refractivity contribution is 6.33. The van der Waals surface area contributed by atoms with Gasteiger partial charge in [0.05, 0.1) is 29.2 Å². The largest absolute Gasteiger partial charge is 0.467 e. The second-order valence-corrected chi connectivity index (χ2v) is 9.28. The van der Waals surface area contributed by atoms with Gasteiger partial charge in [0, 0.05) is 42.5 Å². The minimum atomic E-state index is -0.228. The van der Waals surface area contributed by atoms with Gasteiger partial charge in [-0.3, -0.25) is 9.36 Å². The fourth-order valence-electron chi connectivity index (χ4n) is 4.95. The molecule has 1 saturated heterocycles. The third-order valence-corrected chi connectivity index (χ3v) is 7.14. The van der Waals surface area contributed by atoms with E-state index in [2.05, 4.69) is 29.8 Å². The molecule has 0 bridgehead atoms. The summed E-state index contributed by atoms with van der Waals surface area (Å²) in [4.78, 5) is 36.7. The number of aromatic nitrogens is 8. The van der Waals surface area contributed by atoms with Gasteiger partial charge in [-0.25, -0.2) is 24.5 Å². The van der Waals surface area contributed by atoms with E-state index in [4.69, 9.17) is 21.4 Å². The minimum Gasteiger partial charge on any atom is -0.467 e. The van der Waals surface area contributed by atoms with Crippen LogP contribution in [0.5, 0.6) is 6.01 Å². The Bertz CT molecular complexity index is 1860. The molecule has 1 atom stereocenters. The van der Waals surface area contributed by atoms with Crippen molar-refractivity contribution in [2.45, 2.75) is 12.5 Å². The average Bonchev–Trinajstić information content (AvgIpc) is 3.53. The number of benzene rings is 1. The Hall–Kier alpha value is -4.77. The Kier molecular flexibility index (Phi) is 5.11. The Labute approximate surface area is 220 Å². The molecule has 0 radical (unpaired) electrons. The molecule has 0 aliphatic carbocycles. The average molecular weight is 526 g/mol. The van der Waals surface area contributed by atoms with Crippen LogP contribution < -0.4 is 15.2 Å². The summed E-state index contributed by atoms with van der Waals surface area (Å²) in [6.07, 6.45) is 9.31. The van der Waals surface area contributed by atoms with Crippen LogP contribution in [0.15, 0.2) is 72.3 Å². The summed E-state index contributed by atoms with van der Waals surface area (Å²) >= 11 is 6.37. The van der Waals surface area contributed by atoms with E-state index in [0.29, 0.717) is 28.0 Å². The molecule has 11 nitrogen and oxygen atoms in total. The van der Waals surface area contributed by atoms with E-state index in [0.717, 1.165) is 41.0 Å². The van der Waals surface area contributed by atoms with Gasteiger partial charge in [0.15, 0.2) is 5.82 Å². The van der Waals surface area contributed by atoms with Crippen molar-refractivity contribution < 1.29 is 4.74 Å². The highest BCUT2D eigenvalue weighted by Crippen LogP contribution is 2.42. The molecule has 12 heteroatoms. The van der Waals surface area contributed by atoms with Crippen molar-refractivity contribution in [2.75, 3.05) is 18.6 Å². The first-order chi connectivity index (χ1) is 18.6. The number of nitrogens with zero attached hydrogens (tertiary/aromatic N) is 8. The molecule has 1 aliphatic rings. The molecule has 0 saturated carbocycles. The van der Waals surface area contributed by atoms with Crippen molar-refractivity contribution in [1.82, 2.24) is 39.1 Å². The fraction of sp³-hybridized carbons (Fsp3) is 0.154. The molecule has 6 heterocycles. The molecule has 1 fully saturated rings. The number of methoxy groups -OCH3 is 1. The molecule has 0 amide bonds. The Morgan fingerprint density at radius 1 is 1.08 bits per heavy atom. The van der Waals surface area contributed by atoms with Crippen LogP contribution in [-0.2, 0) is 0 Å². The number of hydrogen-bond acceptors (Lipinski definition) is 8. The van der Waals surface area contributed by atoms with E-state index in [9.17, 15) is 4.79 Å². The first-order valence-electron chi connectivity index (χ1n) is 11.9. The van der Waals surface area contributed by atoms with Crippen LogP contribution in [0.25, 0.3) is 33.4 Å². The van der Waals surface area contributed by atoms with Crippen molar-refractivity contribution in [3.8, 4) is 22.8 Å². The van der Waals surface area contributed by atoms with E-state index in [-0.39, 0.29) is 11.6 Å². The molecule has 6 aromatic rings. The normalized spacial score (nSPS) is 15.2. The highest BCUT2D eigenvalue weighted by Gasteiger charge is 2.37. The first-order valence-corrected chi connectivity index (χ1v) is 12.3. The van der Waals surface area contributed by atoms with Crippen LogP contribution in [-0.4, -0.2) is 52.8 Å². The topological polar surface area (TPSA) is 119 Å². The van der Waals surface area contributed by atoms with Crippen LogP contribution in [0, 0.1) is 0 Å². The number of nitrogens with one attached hydrogen (secondary N) is 1. The van der Waals surface area contributed by atoms with Crippen LogP contribution >= 0.6 is 11.6 Å². The zero-order chi connectivity index (χ0) is 25.8. The standard InChI is InChI=1S/C26H20ClN9O2/c1-38-26-29-11-15(12-30-26)17-13-28-22-20(17)24(32-14-31-22)34-9-8-19(34)23-33-35-10-7-18(27)21(35)25(37)36(23)16-5-3-2-4-6-16/h2-7,10-14,19H,8-9H2,1H3,(H,28,31,32)/t19-/m0/s1. The van der Waals surface area contributed by atoms with Gasteiger partial charge in [-0.15, -0.1) is 0 Å². The van der Waals surface area contributed by atoms with E-state index in [1.807, 2.05) is 36.5 Å². The SMILES string of the molecule is COc1ncc(-c2c[nH]c3ncnc(N4CC[C@H]4c4nn5ccc(Cl)c5c(=O)n4-c4ccccc4)c23)cn1. The van der Waals surface area contributed by atoms with Gasteiger partial charge in [0.2, 0.25) is 0 Å². The number of anilines is 1. The second-order valence-electron chi connectivity index (χ2n) is 8.87. The molecule has 0 spiro atoms. The van der Waals surface area contributed by atoms with E-state index >= 15 is 0 Å². The number of rotatable bonds is 5. The smallest absolute Gasteiger partial charge is 0.316 e. The molecule has 5 aromatic heterocycles. The summed E-state index contributed by atoms with van der Waals surface area (Å²) in [6, 6.07) is 11.2. The van der Waals surface area contributed by atoms with E-state index in [1.54, 1.807) is 33.7 Å². The summed E-state index contributed by atoms with van der Waals surface area (Å²) in [5, 5.41) is 6.07. The molecular formula is C26H20ClN9O2. The summed E-state index contributed by atoms with van der Waals surface area (Å²) < 4.78 is 8.31. The van der Waals surface area contributed by atoms with Gasteiger partial charge < -0.3 is 14.6 Å². The van der Waals surface area contributed by atoms with Crippen LogP contribution in [0.2, 0.25) is 5.02 Å². The molecule has 38 heavy (non-hydrogen) atoms. The predicted octanol–water partition coefficient (Wildman–Crippen LogP) is 3.83. The van der Waals surface area contributed by atoms with Gasteiger partial charge in [0.25, 0.3) is 5.56 Å². The second kappa shape index (κ2) is 8.67. The monoisotopic (exact) mass is 525 g/mol. The molecule has 1 N–H and O–H groups in total. The van der Waals surface area contributed by atoms with Gasteiger partial charge in [-0.1, -0.05) is 29.8 Å². The molecule has 0 unspecified atom stereocenters. The Morgan fingerprint density at radius 2 is 1.89 bits per heavy atom. The molecular weight excluding hydrogens is 506 g/mol. The number of H-pyrrole nitrogens is 1. The number of fused-ring (bicyclic) bond motifs is 2. The van der Waals surface area contributed by atoms with E-state index < -0.39 is 0 Å². The Morgan fingerprint density at radius 3 is 2.63 bits per heavy atom. The van der Waals surface area contributed by atoms with Crippen molar-refractivity contribution in [3.05, 3.63) is 88.7 Å². The Balaban J connectivity index is 1.39. The first kappa shape index (κ1) is 22.4. The summed E-state index contributed by atoms with van der Waals surface area (Å²) in [6.45, 7) is 0.732. The maximum absolute atomic E-state index is 13.7. The number of aromatic amines is 1. The zero-order valence-electron chi connectivity index (χ0n) is 20.1. The van der Waals surface area contributed by atoms with Crippen LogP contribution in [0.4, 0.5) is 5.82 Å². The number of hydrogen-bond donors (Lipinski definition) is 1. The highest BCUT2D eigenvalue weighted by atomic mass is 35.5. The predicted molar refractivity (Wildman–Crippen MR) is 142 cm³/mol. The summed E-state index contributed by atoms with van der Waals surface area (Å²) in [7, 11) is 1.53. The molecule has 1 aromatic carbocycles. The zero-order valence-corrected chi connectivity index (χ0v) is 20.9. The number of ether oxygens (including phenoxy) is 1. The van der Waals surface area contributed by atoms with Crippen molar-refractivity contribution in [3.63, 3.8) is 0 Å². The molecule has 188 valence electrons. The molecule has 1 aliphatic heterocycles. The lowest BCUT2D eigenvalue weighted by atomic mass is 10.00. The van der Waals surface area contributed by atoms with Crippen LogP contribution in [0.3, 0.4) is 0 Å². The van der Waals surface area contributed by atoms with Gasteiger partial charge in [-0.2, -0.15) is 5.10 Å². The van der Waals surface area contributed by atoms with Gasteiger partial charge >= 0.3 is 6.01 Å². The van der Waals surface area contributed by atoms with Gasteiger partial charge in [0.1, 0.15) is 23.3 Å². The fourth-order valence-corrected chi connectivity index (χ4v) is 5.18. The third-order valence-electron chi connectivity index (χ3n) is 6.84. The summed E-state index contributed by atoms with van der Waals surface area (Å²) in [5.41, 5.74) is 3.18. The summed E-state index contributed by atoms with van der Waals surface area (Å²) in [5.74, 6) is 1.33. The van der Waals surface area contributed by atoms with Crippen molar-refractivity contribution >= 4 is 34.0 Å².